The van der Waals surface area contributed by atoms with Gasteiger partial charge in [-0.05, 0) is 73.8 Å². The molecule has 0 aromatic heterocycles. The van der Waals surface area contributed by atoms with E-state index in [4.69, 9.17) is 4.74 Å². The first kappa shape index (κ1) is 21.5. The number of carbonyl (C=O) groups is 1. The van der Waals surface area contributed by atoms with Crippen molar-refractivity contribution in [2.45, 2.75) is 77.7 Å². The zero-order valence-corrected chi connectivity index (χ0v) is 17.8. The second kappa shape index (κ2) is 10.6. The Hall–Kier alpha value is -2.16. The quantitative estimate of drug-likeness (QED) is 0.436. The van der Waals surface area contributed by atoms with Crippen LogP contribution in [0.2, 0.25) is 0 Å². The van der Waals surface area contributed by atoms with Gasteiger partial charge < -0.3 is 4.74 Å². The molecule has 3 rings (SSSR count). The summed E-state index contributed by atoms with van der Waals surface area (Å²) in [6, 6.07) is 12.5. The predicted molar refractivity (Wildman–Crippen MR) is 117 cm³/mol. The second-order valence-electron chi connectivity index (χ2n) is 8.33. The van der Waals surface area contributed by atoms with Gasteiger partial charge in [-0.15, -0.1) is 0 Å². The van der Waals surface area contributed by atoms with E-state index in [0.717, 1.165) is 62.0 Å². The molecule has 0 atom stereocenters. The summed E-state index contributed by atoms with van der Waals surface area (Å²) in [6.45, 7) is 4.36. The van der Waals surface area contributed by atoms with Gasteiger partial charge in [-0.3, -0.25) is 0 Å². The Labute approximate surface area is 174 Å². The Morgan fingerprint density at radius 1 is 1.00 bits per heavy atom. The number of unbranched alkanes of at least 4 members (excludes halogenated alkanes) is 1. The Morgan fingerprint density at radius 3 is 2.34 bits per heavy atom. The summed E-state index contributed by atoms with van der Waals surface area (Å²) < 4.78 is 20.2. The number of esters is 1. The van der Waals surface area contributed by atoms with Crippen LogP contribution in [0.4, 0.5) is 4.39 Å². The number of ether oxygens (including phenoxy) is 1. The van der Waals surface area contributed by atoms with Crippen LogP contribution in [0.3, 0.4) is 0 Å². The minimum Gasteiger partial charge on any atom is -0.459 e. The third kappa shape index (κ3) is 5.91. The molecule has 0 N–H and O–H groups in total. The van der Waals surface area contributed by atoms with Crippen molar-refractivity contribution in [3.8, 4) is 11.1 Å². The highest BCUT2D eigenvalue weighted by atomic mass is 19.1. The van der Waals surface area contributed by atoms with Crippen LogP contribution >= 0.6 is 0 Å². The van der Waals surface area contributed by atoms with Crippen molar-refractivity contribution in [1.29, 1.82) is 0 Å². The maximum atomic E-state index is 14.5. The van der Waals surface area contributed by atoms with Crippen LogP contribution in [-0.2, 0) is 11.2 Å². The molecule has 0 unspecified atom stereocenters. The van der Waals surface area contributed by atoms with E-state index in [0.29, 0.717) is 11.1 Å². The van der Waals surface area contributed by atoms with E-state index in [9.17, 15) is 9.18 Å². The molecule has 2 aromatic carbocycles. The lowest BCUT2D eigenvalue weighted by atomic mass is 9.85. The first-order valence-corrected chi connectivity index (χ1v) is 11.2. The molecule has 0 spiro atoms. The van der Waals surface area contributed by atoms with Gasteiger partial charge in [0.2, 0.25) is 0 Å². The molecule has 1 aliphatic carbocycles. The summed E-state index contributed by atoms with van der Waals surface area (Å²) in [7, 11) is 0. The first-order chi connectivity index (χ1) is 14.1. The number of carbonyl (C=O) groups excluding carboxylic acids is 1. The molecule has 0 amide bonds. The van der Waals surface area contributed by atoms with E-state index >= 15 is 0 Å². The van der Waals surface area contributed by atoms with Gasteiger partial charge in [0.05, 0.1) is 5.56 Å². The van der Waals surface area contributed by atoms with Crippen LogP contribution in [0.25, 0.3) is 11.1 Å². The van der Waals surface area contributed by atoms with Crippen molar-refractivity contribution < 1.29 is 13.9 Å². The molecule has 156 valence electrons. The molecule has 29 heavy (non-hydrogen) atoms. The summed E-state index contributed by atoms with van der Waals surface area (Å²) in [4.78, 5) is 12.5. The van der Waals surface area contributed by atoms with Crippen molar-refractivity contribution in [2.75, 3.05) is 0 Å². The number of halogens is 1. The zero-order chi connectivity index (χ0) is 20.6. The number of rotatable bonds is 8. The summed E-state index contributed by atoms with van der Waals surface area (Å²) in [5, 5.41) is 0. The van der Waals surface area contributed by atoms with Gasteiger partial charge >= 0.3 is 5.97 Å². The topological polar surface area (TPSA) is 26.3 Å². The van der Waals surface area contributed by atoms with E-state index < -0.39 is 0 Å². The third-order valence-electron chi connectivity index (χ3n) is 6.05. The first-order valence-electron chi connectivity index (χ1n) is 11.2. The van der Waals surface area contributed by atoms with Gasteiger partial charge in [-0.2, -0.15) is 0 Å². The summed E-state index contributed by atoms with van der Waals surface area (Å²) in [5.74, 6) is 0.307. The fourth-order valence-electron chi connectivity index (χ4n) is 4.28. The Balaban J connectivity index is 1.59. The Morgan fingerprint density at radius 2 is 1.72 bits per heavy atom. The highest BCUT2D eigenvalue weighted by molar-refractivity contribution is 5.90. The van der Waals surface area contributed by atoms with Crippen molar-refractivity contribution in [3.05, 3.63) is 59.4 Å². The Kier molecular flexibility index (Phi) is 7.85. The number of hydrogen-bond donors (Lipinski definition) is 0. The van der Waals surface area contributed by atoms with Gasteiger partial charge in [0.1, 0.15) is 11.9 Å². The molecule has 2 nitrogen and oxygen atoms in total. The van der Waals surface area contributed by atoms with E-state index in [1.807, 2.05) is 12.1 Å². The SMILES string of the molecule is CCCCc1ccc(-c2ccc(C(=O)O[C@H]3CC[C@H](CCC)CC3)cc2)c(F)c1. The van der Waals surface area contributed by atoms with Crippen LogP contribution in [0.15, 0.2) is 42.5 Å². The Bertz CT molecular complexity index is 789. The van der Waals surface area contributed by atoms with Crippen molar-refractivity contribution in [1.82, 2.24) is 0 Å². The minimum atomic E-state index is -0.272. The van der Waals surface area contributed by atoms with Crippen molar-refractivity contribution >= 4 is 5.97 Å². The van der Waals surface area contributed by atoms with Gasteiger partial charge in [-0.25, -0.2) is 9.18 Å². The maximum absolute atomic E-state index is 14.5. The molecular weight excluding hydrogens is 363 g/mol. The van der Waals surface area contributed by atoms with Crippen molar-refractivity contribution in [2.24, 2.45) is 5.92 Å². The molecule has 1 saturated carbocycles. The summed E-state index contributed by atoms with van der Waals surface area (Å²) >= 11 is 0. The maximum Gasteiger partial charge on any atom is 0.338 e. The van der Waals surface area contributed by atoms with Gasteiger partial charge in [0, 0.05) is 5.56 Å². The molecular formula is C26H33FO2. The molecule has 0 radical (unpaired) electrons. The monoisotopic (exact) mass is 396 g/mol. The fraction of sp³-hybridized carbons (Fsp3) is 0.500. The van der Waals surface area contributed by atoms with Crippen LogP contribution in [0.5, 0.6) is 0 Å². The van der Waals surface area contributed by atoms with E-state index in [-0.39, 0.29) is 17.9 Å². The molecule has 0 bridgehead atoms. The lowest BCUT2D eigenvalue weighted by molar-refractivity contribution is 0.0161. The standard InChI is InChI=1S/C26H33FO2/c1-3-5-7-20-10-17-24(25(27)18-20)21-11-13-22(14-12-21)26(28)29-23-15-8-19(6-4-2)9-16-23/h10-14,17-19,23H,3-9,15-16H2,1-2H3/t19-,23-. The summed E-state index contributed by atoms with van der Waals surface area (Å²) in [5.41, 5.74) is 2.91. The normalized spacial score (nSPS) is 19.1. The number of hydrogen-bond acceptors (Lipinski definition) is 2. The van der Waals surface area contributed by atoms with Crippen molar-refractivity contribution in [3.63, 3.8) is 0 Å². The molecule has 2 aromatic rings. The highest BCUT2D eigenvalue weighted by Crippen LogP contribution is 2.30. The van der Waals surface area contributed by atoms with Crippen LogP contribution in [-0.4, -0.2) is 12.1 Å². The van der Waals surface area contributed by atoms with Gasteiger partial charge in [0.25, 0.3) is 0 Å². The van der Waals surface area contributed by atoms with E-state index in [1.54, 1.807) is 30.3 Å². The molecule has 1 aliphatic rings. The summed E-state index contributed by atoms with van der Waals surface area (Å²) in [6.07, 6.45) is 9.82. The van der Waals surface area contributed by atoms with E-state index in [2.05, 4.69) is 13.8 Å². The third-order valence-corrected chi connectivity index (χ3v) is 6.05. The fourth-order valence-corrected chi connectivity index (χ4v) is 4.28. The highest BCUT2D eigenvalue weighted by Gasteiger charge is 2.24. The molecule has 0 heterocycles. The average Bonchev–Trinajstić information content (AvgIpc) is 2.74. The van der Waals surface area contributed by atoms with Gasteiger partial charge in [-0.1, -0.05) is 57.4 Å². The smallest absolute Gasteiger partial charge is 0.338 e. The van der Waals surface area contributed by atoms with E-state index in [1.165, 1.54) is 12.8 Å². The lowest BCUT2D eigenvalue weighted by Crippen LogP contribution is -2.24. The molecule has 0 saturated heterocycles. The average molecular weight is 397 g/mol. The van der Waals surface area contributed by atoms with Crippen LogP contribution in [0.1, 0.15) is 81.1 Å². The molecule has 0 aliphatic heterocycles. The molecule has 1 fully saturated rings. The predicted octanol–water partition coefficient (Wildman–Crippen LogP) is 7.35. The lowest BCUT2D eigenvalue weighted by Gasteiger charge is -2.28. The number of benzene rings is 2. The largest absolute Gasteiger partial charge is 0.459 e. The van der Waals surface area contributed by atoms with Crippen LogP contribution < -0.4 is 0 Å². The second-order valence-corrected chi connectivity index (χ2v) is 8.33. The molecule has 3 heteroatoms. The van der Waals surface area contributed by atoms with Gasteiger partial charge in [0.15, 0.2) is 0 Å². The number of aryl methyl sites for hydroxylation is 1. The minimum absolute atomic E-state index is 0.0309. The van der Waals surface area contributed by atoms with Crippen LogP contribution in [0, 0.1) is 11.7 Å². The zero-order valence-electron chi connectivity index (χ0n) is 17.8.